The number of Topliss-reactive ketones (excluding diaryl/α,β-unsaturated/α-hetero) is 1. The molecule has 1 aliphatic carbocycles. The van der Waals surface area contributed by atoms with Crippen molar-refractivity contribution in [3.05, 3.63) is 36.5 Å². The Bertz CT molecular complexity index is 418. The van der Waals surface area contributed by atoms with Crippen molar-refractivity contribution in [3.63, 3.8) is 0 Å². The third kappa shape index (κ3) is 4.65. The summed E-state index contributed by atoms with van der Waals surface area (Å²) < 4.78 is 0. The Hall–Kier alpha value is -1.19. The Labute approximate surface area is 127 Å². The summed E-state index contributed by atoms with van der Waals surface area (Å²) in [5.74, 6) is 0.0314. The first-order valence-electron chi connectivity index (χ1n) is 8.01. The lowest BCUT2D eigenvalue weighted by Crippen LogP contribution is -2.42. The van der Waals surface area contributed by atoms with Gasteiger partial charge in [-0.2, -0.15) is 0 Å². The van der Waals surface area contributed by atoms with Gasteiger partial charge in [-0.15, -0.1) is 0 Å². The van der Waals surface area contributed by atoms with E-state index < -0.39 is 0 Å². The van der Waals surface area contributed by atoms with Crippen LogP contribution in [0, 0.1) is 0 Å². The minimum atomic E-state index is -0.128. The molecule has 0 bridgehead atoms. The zero-order valence-corrected chi connectivity index (χ0v) is 13.0. The molecular weight excluding hydrogens is 264 g/mol. The van der Waals surface area contributed by atoms with Gasteiger partial charge in [0.2, 0.25) is 0 Å². The van der Waals surface area contributed by atoms with Crippen LogP contribution in [0.5, 0.6) is 0 Å². The highest BCUT2D eigenvalue weighted by atomic mass is 17.2. The quantitative estimate of drug-likeness (QED) is 0.426. The van der Waals surface area contributed by atoms with E-state index >= 15 is 0 Å². The molecule has 1 saturated carbocycles. The summed E-state index contributed by atoms with van der Waals surface area (Å²) in [7, 11) is 0. The van der Waals surface area contributed by atoms with Crippen LogP contribution in [0.1, 0.15) is 58.3 Å². The second kappa shape index (κ2) is 7.71. The molecule has 1 saturated heterocycles. The molecule has 0 amide bonds. The lowest BCUT2D eigenvalue weighted by Gasteiger charge is -2.41. The van der Waals surface area contributed by atoms with Crippen molar-refractivity contribution in [1.29, 1.82) is 0 Å². The Kier molecular flexibility index (Phi) is 5.95. The molecule has 0 aromatic rings. The molecule has 3 nitrogen and oxygen atoms in total. The second-order valence-corrected chi connectivity index (χ2v) is 6.12. The van der Waals surface area contributed by atoms with Crippen LogP contribution < -0.4 is 0 Å². The topological polar surface area (TPSA) is 35.5 Å². The summed E-state index contributed by atoms with van der Waals surface area (Å²) >= 11 is 0. The number of carbonyl (C=O) groups is 1. The first-order chi connectivity index (χ1) is 10.2. The van der Waals surface area contributed by atoms with Gasteiger partial charge in [-0.25, -0.2) is 9.78 Å². The number of allylic oxidation sites excluding steroid dienone is 5. The average Bonchev–Trinajstić information content (AvgIpc) is 2.51. The van der Waals surface area contributed by atoms with E-state index in [4.69, 9.17) is 9.78 Å². The molecule has 116 valence electrons. The van der Waals surface area contributed by atoms with Crippen LogP contribution in [0.25, 0.3) is 0 Å². The van der Waals surface area contributed by atoms with Gasteiger partial charge >= 0.3 is 0 Å². The highest BCUT2D eigenvalue weighted by molar-refractivity contribution is 5.97. The predicted molar refractivity (Wildman–Crippen MR) is 83.7 cm³/mol. The van der Waals surface area contributed by atoms with Gasteiger partial charge in [-0.1, -0.05) is 50.1 Å². The van der Waals surface area contributed by atoms with Crippen molar-refractivity contribution in [2.24, 2.45) is 0 Å². The van der Waals surface area contributed by atoms with Crippen molar-refractivity contribution in [1.82, 2.24) is 0 Å². The lowest BCUT2D eigenvalue weighted by molar-refractivity contribution is -0.413. The number of carbonyl (C=O) groups excluding carboxylic acids is 1. The normalized spacial score (nSPS) is 25.7. The minimum absolute atomic E-state index is 0.0314. The van der Waals surface area contributed by atoms with Crippen LogP contribution in [0.4, 0.5) is 0 Å². The number of ketones is 1. The van der Waals surface area contributed by atoms with Crippen molar-refractivity contribution < 1.29 is 14.6 Å². The molecule has 1 heterocycles. The average molecular weight is 290 g/mol. The SMILES string of the molecule is C=C(/C=C\C=C/C)C(=O)CC1CCC2(CCCCC2)OO1. The molecule has 2 fully saturated rings. The number of hydrogen-bond acceptors (Lipinski definition) is 3. The van der Waals surface area contributed by atoms with Crippen LogP contribution in [-0.4, -0.2) is 17.5 Å². The van der Waals surface area contributed by atoms with E-state index in [0.29, 0.717) is 12.0 Å². The second-order valence-electron chi connectivity index (χ2n) is 6.12. The molecule has 0 N–H and O–H groups in total. The van der Waals surface area contributed by atoms with Crippen molar-refractivity contribution in [2.45, 2.75) is 70.0 Å². The van der Waals surface area contributed by atoms with Crippen LogP contribution in [0.15, 0.2) is 36.5 Å². The monoisotopic (exact) mass is 290 g/mol. The zero-order chi connectivity index (χ0) is 15.1. The maximum Gasteiger partial charge on any atom is 0.164 e. The van der Waals surface area contributed by atoms with Gasteiger partial charge in [0.25, 0.3) is 0 Å². The van der Waals surface area contributed by atoms with E-state index in [1.165, 1.54) is 19.3 Å². The van der Waals surface area contributed by atoms with Gasteiger partial charge in [-0.05, 0) is 32.6 Å². The zero-order valence-electron chi connectivity index (χ0n) is 13.0. The van der Waals surface area contributed by atoms with Crippen LogP contribution in [-0.2, 0) is 14.6 Å². The minimum Gasteiger partial charge on any atom is -0.294 e. The maximum atomic E-state index is 12.1. The molecule has 1 aliphatic heterocycles. The smallest absolute Gasteiger partial charge is 0.164 e. The molecule has 2 aliphatic rings. The summed E-state index contributed by atoms with van der Waals surface area (Å²) in [4.78, 5) is 23.3. The van der Waals surface area contributed by atoms with Gasteiger partial charge in [0.1, 0.15) is 11.7 Å². The van der Waals surface area contributed by atoms with Crippen LogP contribution >= 0.6 is 0 Å². The van der Waals surface area contributed by atoms with Gasteiger partial charge in [0.15, 0.2) is 5.78 Å². The summed E-state index contributed by atoms with van der Waals surface area (Å²) in [6.45, 7) is 5.74. The van der Waals surface area contributed by atoms with E-state index in [2.05, 4.69) is 6.58 Å². The number of hydrogen-bond donors (Lipinski definition) is 0. The van der Waals surface area contributed by atoms with Gasteiger partial charge in [0.05, 0.1) is 0 Å². The predicted octanol–water partition coefficient (Wildman–Crippen LogP) is 4.45. The van der Waals surface area contributed by atoms with Gasteiger partial charge < -0.3 is 0 Å². The third-order valence-electron chi connectivity index (χ3n) is 4.42. The molecule has 1 atom stereocenters. The molecule has 3 heteroatoms. The Balaban J connectivity index is 1.77. The number of rotatable bonds is 5. The van der Waals surface area contributed by atoms with Crippen molar-refractivity contribution in [2.75, 3.05) is 0 Å². The van der Waals surface area contributed by atoms with Gasteiger partial charge in [0, 0.05) is 12.0 Å². The highest BCUT2D eigenvalue weighted by Crippen LogP contribution is 2.39. The highest BCUT2D eigenvalue weighted by Gasteiger charge is 2.39. The molecule has 1 unspecified atom stereocenters. The van der Waals surface area contributed by atoms with Crippen LogP contribution in [0.2, 0.25) is 0 Å². The van der Waals surface area contributed by atoms with E-state index in [9.17, 15) is 4.79 Å². The molecule has 0 aromatic carbocycles. The fourth-order valence-corrected chi connectivity index (χ4v) is 3.06. The molecular formula is C18H26O3. The molecule has 1 spiro atoms. The van der Waals surface area contributed by atoms with E-state index in [0.717, 1.165) is 25.7 Å². The van der Waals surface area contributed by atoms with E-state index in [1.807, 2.05) is 25.2 Å². The van der Waals surface area contributed by atoms with E-state index in [-0.39, 0.29) is 17.5 Å². The Morgan fingerprint density at radius 1 is 1.24 bits per heavy atom. The lowest BCUT2D eigenvalue weighted by atomic mass is 9.80. The third-order valence-corrected chi connectivity index (χ3v) is 4.42. The fourth-order valence-electron chi connectivity index (χ4n) is 3.06. The summed E-state index contributed by atoms with van der Waals surface area (Å²) in [6, 6.07) is 0. The summed E-state index contributed by atoms with van der Waals surface area (Å²) in [5, 5.41) is 0. The Morgan fingerprint density at radius 2 is 2.00 bits per heavy atom. The Morgan fingerprint density at radius 3 is 2.62 bits per heavy atom. The standard InChI is InChI=1S/C18H26O3/c1-3-4-6-9-15(2)17(19)14-16-10-13-18(21-20-16)11-7-5-8-12-18/h3-4,6,9,16H,2,5,7-8,10-14H2,1H3/b4-3-,9-6-. The maximum absolute atomic E-state index is 12.1. The van der Waals surface area contributed by atoms with Crippen molar-refractivity contribution in [3.8, 4) is 0 Å². The largest absolute Gasteiger partial charge is 0.294 e. The summed E-state index contributed by atoms with van der Waals surface area (Å²) in [5.41, 5.74) is 0.454. The molecule has 21 heavy (non-hydrogen) atoms. The van der Waals surface area contributed by atoms with Crippen LogP contribution in [0.3, 0.4) is 0 Å². The van der Waals surface area contributed by atoms with Crippen molar-refractivity contribution >= 4 is 5.78 Å². The molecule has 0 aromatic heterocycles. The van der Waals surface area contributed by atoms with Gasteiger partial charge in [-0.3, -0.25) is 4.79 Å². The van der Waals surface area contributed by atoms with E-state index in [1.54, 1.807) is 6.08 Å². The first kappa shape index (κ1) is 16.2. The fraction of sp³-hybridized carbons (Fsp3) is 0.611. The summed E-state index contributed by atoms with van der Waals surface area (Å²) in [6.07, 6.45) is 15.4. The first-order valence-corrected chi connectivity index (χ1v) is 8.01. The molecule has 2 rings (SSSR count). The molecule has 0 radical (unpaired) electrons.